The van der Waals surface area contributed by atoms with Crippen molar-refractivity contribution in [2.75, 3.05) is 6.54 Å². The first-order valence-electron chi connectivity index (χ1n) is 7.01. The molecule has 0 aliphatic rings. The smallest absolute Gasteiger partial charge is 0.317 e. The normalized spacial score (nSPS) is 10.6. The van der Waals surface area contributed by atoms with Gasteiger partial charge in [0.15, 0.2) is 0 Å². The van der Waals surface area contributed by atoms with E-state index in [0.717, 1.165) is 4.47 Å². The maximum Gasteiger partial charge on any atom is 0.317 e. The number of aliphatic carboxylic acids is 1. The Morgan fingerprint density at radius 3 is 2.68 bits per heavy atom. The van der Waals surface area contributed by atoms with E-state index in [1.165, 1.54) is 11.0 Å². The molecule has 1 aromatic rings. The number of carboxylic acid groups (broad SMARTS) is 1. The lowest BCUT2D eigenvalue weighted by Gasteiger charge is -2.27. The average molecular weight is 375 g/mol. The van der Waals surface area contributed by atoms with Gasteiger partial charge in [0.05, 0.1) is 6.54 Å². The van der Waals surface area contributed by atoms with Crippen molar-refractivity contribution < 1.29 is 19.1 Å². The summed E-state index contributed by atoms with van der Waals surface area (Å²) in [5.74, 6) is -1.27. The molecular formula is C15H20BrFN2O3. The topological polar surface area (TPSA) is 69.6 Å². The predicted octanol–water partition coefficient (Wildman–Crippen LogP) is 3.37. The zero-order valence-electron chi connectivity index (χ0n) is 12.6. The van der Waals surface area contributed by atoms with Gasteiger partial charge in [0, 0.05) is 29.0 Å². The number of benzene rings is 1. The molecule has 0 bridgehead atoms. The summed E-state index contributed by atoms with van der Waals surface area (Å²) in [4.78, 5) is 24.1. The van der Waals surface area contributed by atoms with Crippen LogP contribution in [0.15, 0.2) is 22.7 Å². The number of amides is 2. The summed E-state index contributed by atoms with van der Waals surface area (Å²) < 4.78 is 14.6. The van der Waals surface area contributed by atoms with Crippen molar-refractivity contribution in [1.29, 1.82) is 0 Å². The average Bonchev–Trinajstić information content (AvgIpc) is 2.43. The maximum absolute atomic E-state index is 13.8. The van der Waals surface area contributed by atoms with Crippen molar-refractivity contribution in [2.24, 2.45) is 0 Å². The molecule has 0 unspecified atom stereocenters. The van der Waals surface area contributed by atoms with Crippen molar-refractivity contribution in [3.05, 3.63) is 34.1 Å². The Kier molecular flexibility index (Phi) is 7.31. The number of carboxylic acids is 1. The molecule has 122 valence electrons. The third kappa shape index (κ3) is 6.01. The number of halogens is 2. The highest BCUT2D eigenvalue weighted by molar-refractivity contribution is 9.10. The Balaban J connectivity index is 2.66. The number of hydrogen-bond donors (Lipinski definition) is 2. The number of urea groups is 1. The van der Waals surface area contributed by atoms with Crippen LogP contribution in [0, 0.1) is 5.82 Å². The van der Waals surface area contributed by atoms with Gasteiger partial charge in [-0.25, -0.2) is 9.18 Å². The summed E-state index contributed by atoms with van der Waals surface area (Å²) in [6.45, 7) is 4.10. The van der Waals surface area contributed by atoms with E-state index >= 15 is 0 Å². The lowest BCUT2D eigenvalue weighted by molar-refractivity contribution is -0.137. The number of carbonyl (C=O) groups excluding carboxylic acids is 1. The molecule has 2 N–H and O–H groups in total. The lowest BCUT2D eigenvalue weighted by atomic mass is 10.2. The molecule has 0 atom stereocenters. The second-order valence-electron chi connectivity index (χ2n) is 5.19. The van der Waals surface area contributed by atoms with Gasteiger partial charge in [-0.2, -0.15) is 0 Å². The molecule has 0 radical (unpaired) electrons. The Morgan fingerprint density at radius 1 is 1.41 bits per heavy atom. The first-order chi connectivity index (χ1) is 10.3. The number of nitrogens with one attached hydrogen (secondary N) is 1. The fourth-order valence-electron chi connectivity index (χ4n) is 1.87. The molecule has 1 aromatic carbocycles. The van der Waals surface area contributed by atoms with Crippen LogP contribution in [0.3, 0.4) is 0 Å². The van der Waals surface area contributed by atoms with Crippen molar-refractivity contribution in [3.63, 3.8) is 0 Å². The van der Waals surface area contributed by atoms with Gasteiger partial charge in [-0.05, 0) is 38.5 Å². The van der Waals surface area contributed by atoms with Crippen LogP contribution in [-0.4, -0.2) is 34.6 Å². The van der Waals surface area contributed by atoms with Crippen LogP contribution in [0.1, 0.15) is 32.3 Å². The molecule has 0 saturated carbocycles. The number of carbonyl (C=O) groups is 2. The second kappa shape index (κ2) is 8.73. The summed E-state index contributed by atoms with van der Waals surface area (Å²) in [6.07, 6.45) is 0.362. The van der Waals surface area contributed by atoms with Gasteiger partial charge < -0.3 is 15.3 Å². The summed E-state index contributed by atoms with van der Waals surface area (Å²) in [6, 6.07) is 4.15. The Bertz CT molecular complexity index is 538. The minimum absolute atomic E-state index is 0.00220. The predicted molar refractivity (Wildman–Crippen MR) is 85.0 cm³/mol. The standard InChI is InChI=1S/C15H20BrFN2O3/c1-10(2)19(15(22)18-7-3-4-14(20)21)9-11-8-12(16)5-6-13(11)17/h5-6,8,10H,3-4,7,9H2,1-2H3,(H,18,22)(H,20,21). The molecule has 0 saturated heterocycles. The first kappa shape index (κ1) is 18.4. The van der Waals surface area contributed by atoms with Crippen molar-refractivity contribution >= 4 is 27.9 Å². The lowest BCUT2D eigenvalue weighted by Crippen LogP contribution is -2.44. The second-order valence-corrected chi connectivity index (χ2v) is 6.10. The van der Waals surface area contributed by atoms with Gasteiger partial charge in [-0.1, -0.05) is 15.9 Å². The Hall–Kier alpha value is -1.63. The van der Waals surface area contributed by atoms with Crippen molar-refractivity contribution in [1.82, 2.24) is 10.2 Å². The van der Waals surface area contributed by atoms with E-state index in [-0.39, 0.29) is 37.4 Å². The molecule has 0 spiro atoms. The fraction of sp³-hybridized carbons (Fsp3) is 0.467. The molecule has 5 nitrogen and oxygen atoms in total. The fourth-order valence-corrected chi connectivity index (χ4v) is 2.28. The molecule has 0 fully saturated rings. The Labute approximate surface area is 137 Å². The van der Waals surface area contributed by atoms with Crippen LogP contribution in [0.4, 0.5) is 9.18 Å². The highest BCUT2D eigenvalue weighted by Crippen LogP contribution is 2.18. The van der Waals surface area contributed by atoms with E-state index in [4.69, 9.17) is 5.11 Å². The third-order valence-electron chi connectivity index (χ3n) is 3.08. The van der Waals surface area contributed by atoms with Gasteiger partial charge in [0.25, 0.3) is 0 Å². The number of nitrogens with zero attached hydrogens (tertiary/aromatic N) is 1. The monoisotopic (exact) mass is 374 g/mol. The zero-order valence-corrected chi connectivity index (χ0v) is 14.2. The van der Waals surface area contributed by atoms with Crippen LogP contribution >= 0.6 is 15.9 Å². The molecular weight excluding hydrogens is 355 g/mol. The zero-order chi connectivity index (χ0) is 16.7. The van der Waals surface area contributed by atoms with E-state index in [1.54, 1.807) is 12.1 Å². The number of hydrogen-bond acceptors (Lipinski definition) is 2. The SMILES string of the molecule is CC(C)N(Cc1cc(Br)ccc1F)C(=O)NCCCC(=O)O. The molecule has 2 amide bonds. The molecule has 0 aliphatic carbocycles. The molecule has 22 heavy (non-hydrogen) atoms. The highest BCUT2D eigenvalue weighted by atomic mass is 79.9. The van der Waals surface area contributed by atoms with Crippen LogP contribution < -0.4 is 5.32 Å². The van der Waals surface area contributed by atoms with Crippen LogP contribution in [0.2, 0.25) is 0 Å². The quantitative estimate of drug-likeness (QED) is 0.718. The minimum Gasteiger partial charge on any atom is -0.481 e. The van der Waals surface area contributed by atoms with Gasteiger partial charge in [-0.15, -0.1) is 0 Å². The summed E-state index contributed by atoms with van der Waals surface area (Å²) in [5, 5.41) is 11.2. The molecule has 0 heterocycles. The van der Waals surface area contributed by atoms with Gasteiger partial charge >= 0.3 is 12.0 Å². The largest absolute Gasteiger partial charge is 0.481 e. The molecule has 7 heteroatoms. The highest BCUT2D eigenvalue weighted by Gasteiger charge is 2.18. The van der Waals surface area contributed by atoms with Crippen LogP contribution in [0.25, 0.3) is 0 Å². The van der Waals surface area contributed by atoms with Crippen molar-refractivity contribution in [2.45, 2.75) is 39.3 Å². The molecule has 0 aromatic heterocycles. The Morgan fingerprint density at radius 2 is 2.09 bits per heavy atom. The summed E-state index contributed by atoms with van der Waals surface area (Å²) >= 11 is 3.28. The first-order valence-corrected chi connectivity index (χ1v) is 7.80. The minimum atomic E-state index is -0.897. The molecule has 1 rings (SSSR count). The van der Waals surface area contributed by atoms with Crippen LogP contribution in [0.5, 0.6) is 0 Å². The van der Waals surface area contributed by atoms with Crippen molar-refractivity contribution in [3.8, 4) is 0 Å². The summed E-state index contributed by atoms with van der Waals surface area (Å²) in [5.41, 5.74) is 0.420. The van der Waals surface area contributed by atoms with Gasteiger partial charge in [-0.3, -0.25) is 4.79 Å². The van der Waals surface area contributed by atoms with Gasteiger partial charge in [0.2, 0.25) is 0 Å². The summed E-state index contributed by atoms with van der Waals surface area (Å²) in [7, 11) is 0. The van der Waals surface area contributed by atoms with E-state index in [0.29, 0.717) is 12.0 Å². The third-order valence-corrected chi connectivity index (χ3v) is 3.57. The van der Waals surface area contributed by atoms with E-state index in [1.807, 2.05) is 13.8 Å². The maximum atomic E-state index is 13.8. The molecule has 0 aliphatic heterocycles. The van der Waals surface area contributed by atoms with E-state index in [9.17, 15) is 14.0 Å². The van der Waals surface area contributed by atoms with E-state index in [2.05, 4.69) is 21.2 Å². The van der Waals surface area contributed by atoms with Gasteiger partial charge in [0.1, 0.15) is 5.82 Å². The van der Waals surface area contributed by atoms with E-state index < -0.39 is 5.97 Å². The van der Waals surface area contributed by atoms with Crippen LogP contribution in [-0.2, 0) is 11.3 Å². The number of rotatable bonds is 7.